The van der Waals surface area contributed by atoms with E-state index in [-0.39, 0.29) is 11.3 Å². The van der Waals surface area contributed by atoms with E-state index in [0.717, 1.165) is 24.2 Å². The van der Waals surface area contributed by atoms with Crippen molar-refractivity contribution in [2.24, 2.45) is 5.41 Å². The molecular formula is C14H14Cl2N2O2. The number of hydrogen-bond acceptors (Lipinski definition) is 2. The lowest BCUT2D eigenvalue weighted by atomic mass is 9.66. The summed E-state index contributed by atoms with van der Waals surface area (Å²) in [6.45, 7) is 0.565. The Balaban J connectivity index is 1.92. The Morgan fingerprint density at radius 3 is 2.50 bits per heavy atom. The fourth-order valence-corrected chi connectivity index (χ4v) is 3.13. The topological polar surface area (TPSA) is 49.4 Å². The zero-order valence-corrected chi connectivity index (χ0v) is 12.3. The highest BCUT2D eigenvalue weighted by Crippen LogP contribution is 2.45. The predicted molar refractivity (Wildman–Crippen MR) is 78.2 cm³/mol. The molecule has 1 saturated carbocycles. The van der Waals surface area contributed by atoms with Gasteiger partial charge in [0.1, 0.15) is 0 Å². The summed E-state index contributed by atoms with van der Waals surface area (Å²) >= 11 is 11.8. The highest BCUT2D eigenvalue weighted by molar-refractivity contribution is 6.42. The van der Waals surface area contributed by atoms with Gasteiger partial charge >= 0.3 is 6.03 Å². The minimum atomic E-state index is -0.392. The molecule has 20 heavy (non-hydrogen) atoms. The van der Waals surface area contributed by atoms with Crippen molar-refractivity contribution < 1.29 is 9.59 Å². The van der Waals surface area contributed by atoms with Gasteiger partial charge in [0.15, 0.2) is 0 Å². The van der Waals surface area contributed by atoms with E-state index in [1.165, 1.54) is 0 Å². The summed E-state index contributed by atoms with van der Waals surface area (Å²) in [5.74, 6) is -0.182. The number of carbonyl (C=O) groups is 2. The van der Waals surface area contributed by atoms with E-state index in [1.54, 1.807) is 18.2 Å². The van der Waals surface area contributed by atoms with Gasteiger partial charge in [-0.3, -0.25) is 4.79 Å². The van der Waals surface area contributed by atoms with E-state index in [0.29, 0.717) is 28.7 Å². The first-order valence-electron chi connectivity index (χ1n) is 6.57. The summed E-state index contributed by atoms with van der Waals surface area (Å²) in [5, 5.41) is 3.56. The second-order valence-electron chi connectivity index (χ2n) is 5.52. The number of rotatable bonds is 1. The van der Waals surface area contributed by atoms with Crippen molar-refractivity contribution in [3.8, 4) is 0 Å². The number of benzene rings is 1. The van der Waals surface area contributed by atoms with Crippen LogP contribution in [0.2, 0.25) is 10.0 Å². The average Bonchev–Trinajstić information content (AvgIpc) is 2.49. The molecule has 106 valence electrons. The number of nitrogens with one attached hydrogen (secondary N) is 1. The molecule has 0 aromatic heterocycles. The van der Waals surface area contributed by atoms with E-state index in [2.05, 4.69) is 5.32 Å². The van der Waals surface area contributed by atoms with Gasteiger partial charge in [0.05, 0.1) is 15.7 Å². The van der Waals surface area contributed by atoms with Crippen molar-refractivity contribution >= 4 is 40.8 Å². The Labute approximate surface area is 127 Å². The molecule has 0 radical (unpaired) electrons. The molecule has 0 unspecified atom stereocenters. The molecular weight excluding hydrogens is 299 g/mol. The van der Waals surface area contributed by atoms with Gasteiger partial charge < -0.3 is 5.32 Å². The maximum absolute atomic E-state index is 12.4. The largest absolute Gasteiger partial charge is 0.337 e. The maximum Gasteiger partial charge on any atom is 0.328 e. The summed E-state index contributed by atoms with van der Waals surface area (Å²) in [4.78, 5) is 25.7. The van der Waals surface area contributed by atoms with Gasteiger partial charge in [0.2, 0.25) is 5.91 Å². The van der Waals surface area contributed by atoms with E-state index in [1.807, 2.05) is 0 Å². The van der Waals surface area contributed by atoms with Crippen LogP contribution in [0.3, 0.4) is 0 Å². The average molecular weight is 313 g/mol. The molecule has 1 aromatic carbocycles. The number of anilines is 1. The molecule has 2 aliphatic rings. The van der Waals surface area contributed by atoms with Crippen LogP contribution in [0.4, 0.5) is 10.5 Å². The number of halogens is 2. The molecule has 2 fully saturated rings. The van der Waals surface area contributed by atoms with Crippen LogP contribution >= 0.6 is 23.2 Å². The van der Waals surface area contributed by atoms with Gasteiger partial charge in [-0.2, -0.15) is 0 Å². The Bertz CT molecular complexity index is 585. The summed E-state index contributed by atoms with van der Waals surface area (Å²) in [7, 11) is 0. The van der Waals surface area contributed by atoms with Gasteiger partial charge in [-0.05, 0) is 36.5 Å². The molecule has 1 aromatic rings. The molecule has 1 aliphatic carbocycles. The van der Waals surface area contributed by atoms with Crippen LogP contribution < -0.4 is 10.2 Å². The SMILES string of the molecule is O=C1CC2(CCC2)CNC(=O)N1c1ccc(Cl)c(Cl)c1. The van der Waals surface area contributed by atoms with E-state index < -0.39 is 6.03 Å². The van der Waals surface area contributed by atoms with Gasteiger partial charge in [-0.1, -0.05) is 29.6 Å². The van der Waals surface area contributed by atoms with Crippen LogP contribution in [0, 0.1) is 5.41 Å². The molecule has 1 N–H and O–H groups in total. The van der Waals surface area contributed by atoms with Crippen molar-refractivity contribution in [3.05, 3.63) is 28.2 Å². The molecule has 3 rings (SSSR count). The molecule has 3 amide bonds. The standard InChI is InChI=1S/C14H14Cl2N2O2/c15-10-3-2-9(6-11(10)16)18-12(19)7-14(4-1-5-14)8-17-13(18)20/h2-3,6H,1,4-5,7-8H2,(H,17,20). The van der Waals surface area contributed by atoms with Crippen LogP contribution in [-0.2, 0) is 4.79 Å². The van der Waals surface area contributed by atoms with Crippen LogP contribution in [0.15, 0.2) is 18.2 Å². The quantitative estimate of drug-likeness (QED) is 0.861. The minimum Gasteiger partial charge on any atom is -0.337 e. The summed E-state index contributed by atoms with van der Waals surface area (Å²) < 4.78 is 0. The third-order valence-electron chi connectivity index (χ3n) is 4.17. The summed E-state index contributed by atoms with van der Waals surface area (Å²) in [6.07, 6.45) is 3.50. The zero-order chi connectivity index (χ0) is 14.3. The molecule has 6 heteroatoms. The van der Waals surface area contributed by atoms with Crippen LogP contribution in [0.1, 0.15) is 25.7 Å². The lowest BCUT2D eigenvalue weighted by Crippen LogP contribution is -2.42. The number of nitrogens with zero attached hydrogens (tertiary/aromatic N) is 1. The molecule has 4 nitrogen and oxygen atoms in total. The Kier molecular flexibility index (Phi) is 3.38. The zero-order valence-electron chi connectivity index (χ0n) is 10.8. The molecule has 1 spiro atoms. The number of imide groups is 1. The van der Waals surface area contributed by atoms with Gasteiger partial charge in [0.25, 0.3) is 0 Å². The molecule has 1 saturated heterocycles. The second-order valence-corrected chi connectivity index (χ2v) is 6.33. The van der Waals surface area contributed by atoms with Gasteiger partial charge in [-0.15, -0.1) is 0 Å². The minimum absolute atomic E-state index is 0.0439. The van der Waals surface area contributed by atoms with Crippen molar-refractivity contribution in [3.63, 3.8) is 0 Å². The van der Waals surface area contributed by atoms with Crippen molar-refractivity contribution in [2.45, 2.75) is 25.7 Å². The number of hydrogen-bond donors (Lipinski definition) is 1. The molecule has 1 heterocycles. The monoisotopic (exact) mass is 312 g/mol. The highest BCUT2D eigenvalue weighted by atomic mass is 35.5. The first-order chi connectivity index (χ1) is 9.51. The number of urea groups is 1. The summed E-state index contributed by atoms with van der Waals surface area (Å²) in [5.41, 5.74) is 0.413. The Morgan fingerprint density at radius 1 is 1.15 bits per heavy atom. The fourth-order valence-electron chi connectivity index (χ4n) is 2.83. The Hall–Kier alpha value is -1.26. The summed E-state index contributed by atoms with van der Waals surface area (Å²) in [6, 6.07) is 4.37. The highest BCUT2D eigenvalue weighted by Gasteiger charge is 2.44. The molecule has 1 aliphatic heterocycles. The van der Waals surface area contributed by atoms with Crippen molar-refractivity contribution in [1.29, 1.82) is 0 Å². The second kappa shape index (κ2) is 4.93. The third-order valence-corrected chi connectivity index (χ3v) is 4.91. The molecule has 0 atom stereocenters. The van der Waals surface area contributed by atoms with Gasteiger partial charge in [0, 0.05) is 13.0 Å². The fraction of sp³-hybridized carbons (Fsp3) is 0.429. The first kappa shape index (κ1) is 13.7. The number of amides is 3. The lowest BCUT2D eigenvalue weighted by Gasteiger charge is -2.39. The van der Waals surface area contributed by atoms with Crippen LogP contribution in [-0.4, -0.2) is 18.5 Å². The predicted octanol–water partition coefficient (Wildman–Crippen LogP) is 3.61. The van der Waals surface area contributed by atoms with Gasteiger partial charge in [-0.25, -0.2) is 9.69 Å². The molecule has 0 bridgehead atoms. The number of carbonyl (C=O) groups excluding carboxylic acids is 2. The van der Waals surface area contributed by atoms with Crippen LogP contribution in [0.5, 0.6) is 0 Å². The normalized spacial score (nSPS) is 21.4. The van der Waals surface area contributed by atoms with E-state index in [9.17, 15) is 9.59 Å². The lowest BCUT2D eigenvalue weighted by molar-refractivity contribution is -0.120. The van der Waals surface area contributed by atoms with Crippen LogP contribution in [0.25, 0.3) is 0 Å². The van der Waals surface area contributed by atoms with E-state index in [4.69, 9.17) is 23.2 Å². The maximum atomic E-state index is 12.4. The third kappa shape index (κ3) is 2.27. The van der Waals surface area contributed by atoms with Crippen molar-refractivity contribution in [2.75, 3.05) is 11.4 Å². The van der Waals surface area contributed by atoms with E-state index >= 15 is 0 Å². The first-order valence-corrected chi connectivity index (χ1v) is 7.32. The Morgan fingerprint density at radius 2 is 1.90 bits per heavy atom. The smallest absolute Gasteiger partial charge is 0.328 e. The van der Waals surface area contributed by atoms with Crippen molar-refractivity contribution in [1.82, 2.24) is 5.32 Å².